The lowest BCUT2D eigenvalue weighted by molar-refractivity contribution is -0.146. The molecular weight excluding hydrogens is 312 g/mol. The molecule has 0 N–H and O–H groups in total. The van der Waals surface area contributed by atoms with E-state index in [4.69, 9.17) is 18.0 Å². The van der Waals surface area contributed by atoms with Gasteiger partial charge < -0.3 is 18.0 Å². The van der Waals surface area contributed by atoms with Crippen molar-refractivity contribution in [3.63, 3.8) is 0 Å². The number of rotatable bonds is 14. The summed E-state index contributed by atoms with van der Waals surface area (Å²) in [7, 11) is -3.04. The standard InChI is InChI=1S/C17H36O5Si/c1-7-12-13-16(8-2)14-19-17(18)15(6)23(20-9-3,21-10-4)22-11-5/h15-16H,7-14H2,1-6H3. The molecule has 6 heteroatoms. The molecule has 23 heavy (non-hydrogen) atoms. The lowest BCUT2D eigenvalue weighted by Gasteiger charge is -2.32. The maximum absolute atomic E-state index is 12.5. The Labute approximate surface area is 143 Å². The Kier molecular flexibility index (Phi) is 12.7. The first kappa shape index (κ1) is 22.6. The molecule has 138 valence electrons. The van der Waals surface area contributed by atoms with Crippen LogP contribution in [0.4, 0.5) is 0 Å². The quantitative estimate of drug-likeness (QED) is 0.348. The number of ether oxygens (including phenoxy) is 1. The Bertz CT molecular complexity index is 294. The monoisotopic (exact) mass is 348 g/mol. The Morgan fingerprint density at radius 1 is 0.957 bits per heavy atom. The first-order chi connectivity index (χ1) is 11.0. The van der Waals surface area contributed by atoms with Gasteiger partial charge in [-0.3, -0.25) is 4.79 Å². The van der Waals surface area contributed by atoms with Crippen molar-refractivity contribution >= 4 is 14.8 Å². The van der Waals surface area contributed by atoms with Gasteiger partial charge in [0.2, 0.25) is 0 Å². The maximum atomic E-state index is 12.5. The molecule has 0 radical (unpaired) electrons. The summed E-state index contributed by atoms with van der Waals surface area (Å²) in [6.45, 7) is 13.6. The zero-order chi connectivity index (χ0) is 17.7. The second kappa shape index (κ2) is 12.9. The van der Waals surface area contributed by atoms with E-state index < -0.39 is 14.3 Å². The number of hydrogen-bond donors (Lipinski definition) is 0. The highest BCUT2D eigenvalue weighted by Gasteiger charge is 2.51. The number of carbonyl (C=O) groups is 1. The zero-order valence-corrected chi connectivity index (χ0v) is 16.9. The predicted octanol–water partition coefficient (Wildman–Crippen LogP) is 4.18. The molecule has 5 nitrogen and oxygen atoms in total. The topological polar surface area (TPSA) is 54.0 Å². The van der Waals surface area contributed by atoms with Crippen LogP contribution in [0.25, 0.3) is 0 Å². The molecule has 0 saturated carbocycles. The van der Waals surface area contributed by atoms with E-state index in [-0.39, 0.29) is 5.97 Å². The second-order valence-electron chi connectivity index (χ2n) is 5.67. The minimum Gasteiger partial charge on any atom is -0.465 e. The zero-order valence-electron chi connectivity index (χ0n) is 15.9. The van der Waals surface area contributed by atoms with Gasteiger partial charge in [0.25, 0.3) is 0 Å². The molecule has 0 aliphatic rings. The van der Waals surface area contributed by atoms with E-state index in [1.165, 1.54) is 6.42 Å². The molecule has 0 spiro atoms. The lowest BCUT2D eigenvalue weighted by atomic mass is 10.0. The number of hydrogen-bond acceptors (Lipinski definition) is 5. The number of esters is 1. The van der Waals surface area contributed by atoms with Crippen molar-refractivity contribution in [3.8, 4) is 0 Å². The van der Waals surface area contributed by atoms with Crippen LogP contribution in [0.2, 0.25) is 5.54 Å². The third-order valence-electron chi connectivity index (χ3n) is 3.93. The van der Waals surface area contributed by atoms with Crippen LogP contribution in [0.3, 0.4) is 0 Å². The number of unbranched alkanes of at least 4 members (excludes halogenated alkanes) is 1. The molecule has 0 aliphatic heterocycles. The minimum atomic E-state index is -3.04. The Morgan fingerprint density at radius 3 is 1.87 bits per heavy atom. The maximum Gasteiger partial charge on any atom is 0.515 e. The van der Waals surface area contributed by atoms with Crippen molar-refractivity contribution in [1.29, 1.82) is 0 Å². The molecule has 0 heterocycles. The van der Waals surface area contributed by atoms with Gasteiger partial charge in [-0.1, -0.05) is 33.1 Å². The van der Waals surface area contributed by atoms with Crippen LogP contribution in [-0.4, -0.2) is 41.2 Å². The van der Waals surface area contributed by atoms with Crippen molar-refractivity contribution in [1.82, 2.24) is 0 Å². The van der Waals surface area contributed by atoms with E-state index >= 15 is 0 Å². The van der Waals surface area contributed by atoms with Crippen LogP contribution in [0.1, 0.15) is 67.2 Å². The summed E-state index contributed by atoms with van der Waals surface area (Å²) in [5.41, 5.74) is -0.508. The van der Waals surface area contributed by atoms with Gasteiger partial charge in [0.15, 0.2) is 0 Å². The largest absolute Gasteiger partial charge is 0.515 e. The molecule has 0 saturated heterocycles. The average molecular weight is 349 g/mol. The smallest absolute Gasteiger partial charge is 0.465 e. The van der Waals surface area contributed by atoms with Crippen LogP contribution >= 0.6 is 0 Å². The molecule has 2 unspecified atom stereocenters. The van der Waals surface area contributed by atoms with E-state index in [1.54, 1.807) is 6.92 Å². The molecule has 0 aromatic rings. The van der Waals surface area contributed by atoms with Gasteiger partial charge in [0.1, 0.15) is 5.54 Å². The third-order valence-corrected chi connectivity index (χ3v) is 7.29. The number of carbonyl (C=O) groups excluding carboxylic acids is 1. The lowest BCUT2D eigenvalue weighted by Crippen LogP contribution is -2.52. The van der Waals surface area contributed by atoms with Crippen molar-refractivity contribution in [2.24, 2.45) is 5.92 Å². The van der Waals surface area contributed by atoms with Crippen molar-refractivity contribution < 1.29 is 22.8 Å². The van der Waals surface area contributed by atoms with Gasteiger partial charge in [0.05, 0.1) is 6.61 Å². The SMILES string of the molecule is CCCCC(CC)COC(=O)C(C)[Si](OCC)(OCC)OCC. The summed E-state index contributed by atoms with van der Waals surface area (Å²) in [4.78, 5) is 12.5. The van der Waals surface area contributed by atoms with Crippen molar-refractivity contribution in [3.05, 3.63) is 0 Å². The summed E-state index contributed by atoms with van der Waals surface area (Å²) in [6.07, 6.45) is 4.45. The van der Waals surface area contributed by atoms with Crippen LogP contribution in [-0.2, 0) is 22.8 Å². The molecule has 0 aliphatic carbocycles. The fourth-order valence-electron chi connectivity index (χ4n) is 2.47. The van der Waals surface area contributed by atoms with Crippen LogP contribution in [0.15, 0.2) is 0 Å². The molecule has 0 bridgehead atoms. The first-order valence-electron chi connectivity index (χ1n) is 9.09. The van der Waals surface area contributed by atoms with Crippen molar-refractivity contribution in [2.75, 3.05) is 26.4 Å². The van der Waals surface area contributed by atoms with Gasteiger partial charge >= 0.3 is 14.8 Å². The van der Waals surface area contributed by atoms with Crippen molar-refractivity contribution in [2.45, 2.75) is 72.8 Å². The normalized spacial score (nSPS) is 14.5. The van der Waals surface area contributed by atoms with E-state index in [0.29, 0.717) is 32.3 Å². The molecular formula is C17H36O5Si. The van der Waals surface area contributed by atoms with Gasteiger partial charge in [-0.05, 0) is 40.0 Å². The van der Waals surface area contributed by atoms with E-state index in [0.717, 1.165) is 19.3 Å². The molecule has 0 aromatic heterocycles. The Morgan fingerprint density at radius 2 is 1.48 bits per heavy atom. The van der Waals surface area contributed by atoms with Crippen LogP contribution in [0, 0.1) is 5.92 Å². The Hall–Kier alpha value is -0.433. The van der Waals surface area contributed by atoms with Gasteiger partial charge in [-0.25, -0.2) is 0 Å². The first-order valence-corrected chi connectivity index (χ1v) is 10.9. The van der Waals surface area contributed by atoms with E-state index in [2.05, 4.69) is 13.8 Å². The van der Waals surface area contributed by atoms with Gasteiger partial charge in [-0.2, -0.15) is 0 Å². The molecule has 0 aromatic carbocycles. The highest BCUT2D eigenvalue weighted by atomic mass is 28.4. The van der Waals surface area contributed by atoms with E-state index in [9.17, 15) is 4.79 Å². The van der Waals surface area contributed by atoms with Crippen LogP contribution in [0.5, 0.6) is 0 Å². The van der Waals surface area contributed by atoms with Crippen LogP contribution < -0.4 is 0 Å². The predicted molar refractivity (Wildman–Crippen MR) is 94.3 cm³/mol. The molecule has 0 rings (SSSR count). The summed E-state index contributed by atoms with van der Waals surface area (Å²) in [5.74, 6) is 0.149. The fourth-order valence-corrected chi connectivity index (χ4v) is 5.05. The highest BCUT2D eigenvalue weighted by molar-refractivity contribution is 6.66. The molecule has 2 atom stereocenters. The van der Waals surface area contributed by atoms with Gasteiger partial charge in [0, 0.05) is 19.8 Å². The summed E-state index contributed by atoms with van der Waals surface area (Å²) in [6, 6.07) is 0. The second-order valence-corrected chi connectivity index (χ2v) is 8.61. The third kappa shape index (κ3) is 7.79. The minimum absolute atomic E-state index is 0.276. The average Bonchev–Trinajstić information content (AvgIpc) is 2.54. The molecule has 0 fully saturated rings. The van der Waals surface area contributed by atoms with E-state index in [1.807, 2.05) is 20.8 Å². The summed E-state index contributed by atoms with van der Waals surface area (Å²) >= 11 is 0. The fraction of sp³-hybridized carbons (Fsp3) is 0.941. The Balaban J connectivity index is 4.77. The van der Waals surface area contributed by atoms with Gasteiger partial charge in [-0.15, -0.1) is 0 Å². The summed E-state index contributed by atoms with van der Waals surface area (Å²) in [5, 5.41) is 0. The highest BCUT2D eigenvalue weighted by Crippen LogP contribution is 2.27. The molecule has 0 amide bonds. The summed E-state index contributed by atoms with van der Waals surface area (Å²) < 4.78 is 22.9.